The van der Waals surface area contributed by atoms with Crippen LogP contribution in [0.15, 0.2) is 24.3 Å². The number of rotatable bonds is 3. The highest BCUT2D eigenvalue weighted by atomic mass is 32.1. The van der Waals surface area contributed by atoms with E-state index in [0.29, 0.717) is 5.01 Å². The van der Waals surface area contributed by atoms with Gasteiger partial charge in [0.1, 0.15) is 5.01 Å². The molecule has 5 heteroatoms. The first-order valence-corrected chi connectivity index (χ1v) is 5.37. The Morgan fingerprint density at radius 1 is 1.33 bits per heavy atom. The molecule has 0 saturated carbocycles. The summed E-state index contributed by atoms with van der Waals surface area (Å²) in [6, 6.07) is 7.39. The van der Waals surface area contributed by atoms with Crippen LogP contribution in [0.25, 0.3) is 10.2 Å². The number of alkyl halides is 2. The zero-order valence-electron chi connectivity index (χ0n) is 7.86. The molecule has 1 aromatic heterocycles. The van der Waals surface area contributed by atoms with Crippen molar-refractivity contribution in [3.05, 3.63) is 29.3 Å². The Kier molecular flexibility index (Phi) is 2.93. The quantitative estimate of drug-likeness (QED) is 0.877. The summed E-state index contributed by atoms with van der Waals surface area (Å²) in [5, 5.41) is 0.425. The van der Waals surface area contributed by atoms with Gasteiger partial charge in [0.15, 0.2) is 0 Å². The number of benzene rings is 1. The second kappa shape index (κ2) is 4.20. The van der Waals surface area contributed by atoms with E-state index in [4.69, 9.17) is 5.73 Å². The third-order valence-corrected chi connectivity index (χ3v) is 3.35. The van der Waals surface area contributed by atoms with Crippen LogP contribution < -0.4 is 5.73 Å². The zero-order valence-corrected chi connectivity index (χ0v) is 8.68. The van der Waals surface area contributed by atoms with Gasteiger partial charge in [0.25, 0.3) is 0 Å². The predicted molar refractivity (Wildman–Crippen MR) is 57.4 cm³/mol. The van der Waals surface area contributed by atoms with E-state index in [1.807, 2.05) is 24.3 Å². The van der Waals surface area contributed by atoms with Crippen LogP contribution in [0, 0.1) is 0 Å². The molecule has 0 aliphatic rings. The number of fused-ring (bicyclic) bond motifs is 1. The van der Waals surface area contributed by atoms with Gasteiger partial charge in [-0.05, 0) is 12.1 Å². The molecule has 2 nitrogen and oxygen atoms in total. The van der Waals surface area contributed by atoms with E-state index < -0.39 is 12.3 Å². The third-order valence-electron chi connectivity index (χ3n) is 2.19. The summed E-state index contributed by atoms with van der Waals surface area (Å²) in [6.45, 7) is -0.0719. The minimum atomic E-state index is -2.45. The Hall–Kier alpha value is -1.07. The molecule has 2 rings (SSSR count). The molecule has 1 unspecified atom stereocenters. The van der Waals surface area contributed by atoms with Gasteiger partial charge in [-0.15, -0.1) is 11.3 Å². The summed E-state index contributed by atoms with van der Waals surface area (Å²) in [5.74, 6) is -0.942. The standard InChI is InChI=1S/C10H10F2N2S/c11-9(12)6(5-13)10-14-7-3-1-2-4-8(7)15-10/h1-4,6,9H,5,13H2. The van der Waals surface area contributed by atoms with Crippen molar-refractivity contribution < 1.29 is 8.78 Å². The second-order valence-corrected chi connectivity index (χ2v) is 4.26. The van der Waals surface area contributed by atoms with Crippen molar-refractivity contribution in [2.45, 2.75) is 12.3 Å². The van der Waals surface area contributed by atoms with Crippen LogP contribution in [-0.4, -0.2) is 18.0 Å². The zero-order chi connectivity index (χ0) is 10.8. The summed E-state index contributed by atoms with van der Waals surface area (Å²) in [5.41, 5.74) is 6.07. The average molecular weight is 228 g/mol. The van der Waals surface area contributed by atoms with Crippen molar-refractivity contribution in [1.82, 2.24) is 4.98 Å². The maximum atomic E-state index is 12.6. The van der Waals surface area contributed by atoms with Crippen LogP contribution in [0.4, 0.5) is 8.78 Å². The van der Waals surface area contributed by atoms with Crippen LogP contribution in [0.5, 0.6) is 0 Å². The van der Waals surface area contributed by atoms with Gasteiger partial charge in [-0.25, -0.2) is 13.8 Å². The molecule has 0 spiro atoms. The Balaban J connectivity index is 2.43. The largest absolute Gasteiger partial charge is 0.330 e. The normalized spacial score (nSPS) is 13.6. The molecule has 0 bridgehead atoms. The smallest absolute Gasteiger partial charge is 0.248 e. The van der Waals surface area contributed by atoms with Crippen LogP contribution in [0.1, 0.15) is 10.9 Å². The Bertz CT molecular complexity index is 422. The van der Waals surface area contributed by atoms with E-state index >= 15 is 0 Å². The number of para-hydroxylation sites is 1. The van der Waals surface area contributed by atoms with E-state index in [0.717, 1.165) is 10.2 Å². The van der Waals surface area contributed by atoms with E-state index in [1.54, 1.807) is 0 Å². The fraction of sp³-hybridized carbons (Fsp3) is 0.300. The van der Waals surface area contributed by atoms with E-state index in [2.05, 4.69) is 4.98 Å². The van der Waals surface area contributed by atoms with Gasteiger partial charge in [-0.2, -0.15) is 0 Å². The van der Waals surface area contributed by atoms with Gasteiger partial charge in [0.2, 0.25) is 6.43 Å². The van der Waals surface area contributed by atoms with Gasteiger partial charge in [-0.3, -0.25) is 0 Å². The van der Waals surface area contributed by atoms with Gasteiger partial charge >= 0.3 is 0 Å². The van der Waals surface area contributed by atoms with Crippen molar-refractivity contribution in [2.24, 2.45) is 5.73 Å². The Morgan fingerprint density at radius 2 is 2.07 bits per heavy atom. The lowest BCUT2D eigenvalue weighted by Gasteiger charge is -2.08. The van der Waals surface area contributed by atoms with E-state index in [9.17, 15) is 8.78 Å². The van der Waals surface area contributed by atoms with Crippen LogP contribution in [0.2, 0.25) is 0 Å². The van der Waals surface area contributed by atoms with Crippen molar-refractivity contribution in [2.75, 3.05) is 6.54 Å². The van der Waals surface area contributed by atoms with Gasteiger partial charge in [0.05, 0.1) is 16.1 Å². The number of aromatic nitrogens is 1. The van der Waals surface area contributed by atoms with Gasteiger partial charge < -0.3 is 5.73 Å². The van der Waals surface area contributed by atoms with E-state index in [-0.39, 0.29) is 6.54 Å². The first-order valence-electron chi connectivity index (χ1n) is 4.56. The lowest BCUT2D eigenvalue weighted by atomic mass is 10.2. The molecule has 0 fully saturated rings. The predicted octanol–water partition coefficient (Wildman–Crippen LogP) is 2.60. The average Bonchev–Trinajstić information content (AvgIpc) is 2.61. The van der Waals surface area contributed by atoms with Gasteiger partial charge in [0, 0.05) is 6.54 Å². The van der Waals surface area contributed by atoms with E-state index in [1.165, 1.54) is 11.3 Å². The molecule has 0 saturated heterocycles. The molecule has 0 aliphatic carbocycles. The molecule has 2 aromatic rings. The number of thiazole rings is 1. The fourth-order valence-electron chi connectivity index (χ4n) is 1.36. The highest BCUT2D eigenvalue weighted by Crippen LogP contribution is 2.30. The minimum absolute atomic E-state index is 0.0719. The third kappa shape index (κ3) is 1.98. The lowest BCUT2D eigenvalue weighted by Crippen LogP contribution is -2.19. The minimum Gasteiger partial charge on any atom is -0.330 e. The molecule has 0 amide bonds. The van der Waals surface area contributed by atoms with Crippen molar-refractivity contribution in [3.8, 4) is 0 Å². The number of halogens is 2. The number of nitrogens with two attached hydrogens (primary N) is 1. The van der Waals surface area contributed by atoms with Crippen LogP contribution in [-0.2, 0) is 0 Å². The highest BCUT2D eigenvalue weighted by molar-refractivity contribution is 7.18. The maximum absolute atomic E-state index is 12.6. The van der Waals surface area contributed by atoms with Gasteiger partial charge in [-0.1, -0.05) is 12.1 Å². The molecule has 0 aliphatic heterocycles. The molecule has 1 heterocycles. The monoisotopic (exact) mass is 228 g/mol. The van der Waals surface area contributed by atoms with Crippen LogP contribution in [0.3, 0.4) is 0 Å². The topological polar surface area (TPSA) is 38.9 Å². The summed E-state index contributed by atoms with van der Waals surface area (Å²) in [7, 11) is 0. The van der Waals surface area contributed by atoms with Crippen molar-refractivity contribution >= 4 is 21.6 Å². The molecule has 2 N–H and O–H groups in total. The summed E-state index contributed by atoms with van der Waals surface area (Å²) in [4.78, 5) is 4.16. The Morgan fingerprint density at radius 3 is 2.67 bits per heavy atom. The molecule has 15 heavy (non-hydrogen) atoms. The Labute approximate surface area is 89.7 Å². The first kappa shape index (κ1) is 10.4. The van der Waals surface area contributed by atoms with Crippen LogP contribution >= 0.6 is 11.3 Å². The first-order chi connectivity index (χ1) is 7.22. The van der Waals surface area contributed by atoms with Crippen molar-refractivity contribution in [1.29, 1.82) is 0 Å². The number of nitrogens with zero attached hydrogens (tertiary/aromatic N) is 1. The second-order valence-electron chi connectivity index (χ2n) is 3.20. The molecular formula is C10H10F2N2S. The highest BCUT2D eigenvalue weighted by Gasteiger charge is 2.24. The molecule has 80 valence electrons. The summed E-state index contributed by atoms with van der Waals surface area (Å²) < 4.78 is 26.1. The lowest BCUT2D eigenvalue weighted by molar-refractivity contribution is 0.117. The molecular weight excluding hydrogens is 218 g/mol. The SMILES string of the molecule is NCC(c1nc2ccccc2s1)C(F)F. The number of hydrogen-bond acceptors (Lipinski definition) is 3. The number of hydrogen-bond donors (Lipinski definition) is 1. The fourth-order valence-corrected chi connectivity index (χ4v) is 2.44. The molecule has 1 atom stereocenters. The summed E-state index contributed by atoms with van der Waals surface area (Å²) in [6.07, 6.45) is -2.45. The maximum Gasteiger partial charge on any atom is 0.248 e. The molecule has 0 radical (unpaired) electrons. The van der Waals surface area contributed by atoms with Crippen molar-refractivity contribution in [3.63, 3.8) is 0 Å². The molecule has 1 aromatic carbocycles. The summed E-state index contributed by atoms with van der Waals surface area (Å²) >= 11 is 1.29.